The maximum absolute atomic E-state index is 13.5. The van der Waals surface area contributed by atoms with Crippen molar-refractivity contribution in [2.75, 3.05) is 5.32 Å². The lowest BCUT2D eigenvalue weighted by Crippen LogP contribution is -2.15. The lowest BCUT2D eigenvalue weighted by molar-refractivity contribution is 0.102. The van der Waals surface area contributed by atoms with E-state index in [2.05, 4.69) is 10.3 Å². The number of amides is 1. The van der Waals surface area contributed by atoms with Crippen molar-refractivity contribution < 1.29 is 13.6 Å². The van der Waals surface area contributed by atoms with Crippen molar-refractivity contribution in [2.45, 2.75) is 6.92 Å². The molecule has 0 aliphatic carbocycles. The van der Waals surface area contributed by atoms with Gasteiger partial charge in [-0.1, -0.05) is 11.6 Å². The van der Waals surface area contributed by atoms with Gasteiger partial charge in [-0.3, -0.25) is 4.79 Å². The number of carbonyl (C=O) groups is 1. The molecule has 0 unspecified atom stereocenters. The van der Waals surface area contributed by atoms with E-state index in [4.69, 9.17) is 11.6 Å². The number of hydrogen-bond donors (Lipinski definition) is 1. The first kappa shape index (κ1) is 13.4. The summed E-state index contributed by atoms with van der Waals surface area (Å²) in [6, 6.07) is 6.23. The van der Waals surface area contributed by atoms with Crippen molar-refractivity contribution in [2.24, 2.45) is 0 Å². The molecule has 1 amide bonds. The minimum absolute atomic E-state index is 0.00764. The zero-order chi connectivity index (χ0) is 14.0. The molecular formula is C13H9ClF2N2O. The fourth-order valence-electron chi connectivity index (χ4n) is 1.45. The zero-order valence-corrected chi connectivity index (χ0v) is 10.6. The lowest BCUT2D eigenvalue weighted by Gasteiger charge is -2.07. The third-order valence-electron chi connectivity index (χ3n) is 2.43. The summed E-state index contributed by atoms with van der Waals surface area (Å²) in [6.45, 7) is 1.44. The van der Waals surface area contributed by atoms with Gasteiger partial charge < -0.3 is 5.32 Å². The predicted molar refractivity (Wildman–Crippen MR) is 68.3 cm³/mol. The number of aryl methyl sites for hydroxylation is 1. The standard InChI is InChI=1S/C13H9ClF2N2O/c1-7-9(15)3-5-12(17-7)13(19)18-11-4-2-8(14)6-10(11)16/h2-6H,1H3,(H,18,19). The van der Waals surface area contributed by atoms with E-state index in [0.717, 1.165) is 12.1 Å². The topological polar surface area (TPSA) is 42.0 Å². The van der Waals surface area contributed by atoms with Crippen LogP contribution in [0.25, 0.3) is 0 Å². The number of benzene rings is 1. The number of pyridine rings is 1. The fraction of sp³-hybridized carbons (Fsp3) is 0.0769. The molecule has 0 radical (unpaired) electrons. The van der Waals surface area contributed by atoms with Gasteiger partial charge in [-0.25, -0.2) is 13.8 Å². The summed E-state index contributed by atoms with van der Waals surface area (Å²) in [7, 11) is 0. The summed E-state index contributed by atoms with van der Waals surface area (Å²) < 4.78 is 26.5. The molecule has 0 aliphatic rings. The molecule has 1 aromatic carbocycles. The van der Waals surface area contributed by atoms with E-state index in [1.807, 2.05) is 0 Å². The molecular weight excluding hydrogens is 274 g/mol. The summed E-state index contributed by atoms with van der Waals surface area (Å²) >= 11 is 5.60. The molecule has 0 aliphatic heterocycles. The van der Waals surface area contributed by atoms with Gasteiger partial charge in [0.05, 0.1) is 11.4 Å². The first-order chi connectivity index (χ1) is 8.97. The van der Waals surface area contributed by atoms with E-state index in [0.29, 0.717) is 0 Å². The number of nitrogens with one attached hydrogen (secondary N) is 1. The third kappa shape index (κ3) is 3.06. The van der Waals surface area contributed by atoms with Crippen LogP contribution in [0, 0.1) is 18.6 Å². The molecule has 0 saturated heterocycles. The van der Waals surface area contributed by atoms with Crippen LogP contribution in [-0.4, -0.2) is 10.9 Å². The maximum Gasteiger partial charge on any atom is 0.274 e. The van der Waals surface area contributed by atoms with Crippen molar-refractivity contribution in [3.8, 4) is 0 Å². The molecule has 6 heteroatoms. The van der Waals surface area contributed by atoms with Gasteiger partial charge in [0.2, 0.25) is 0 Å². The van der Waals surface area contributed by atoms with Crippen LogP contribution >= 0.6 is 11.6 Å². The van der Waals surface area contributed by atoms with Crippen LogP contribution in [0.5, 0.6) is 0 Å². The third-order valence-corrected chi connectivity index (χ3v) is 2.67. The average molecular weight is 283 g/mol. The number of nitrogens with zero attached hydrogens (tertiary/aromatic N) is 1. The van der Waals surface area contributed by atoms with E-state index < -0.39 is 17.5 Å². The second-order valence-corrected chi connectivity index (χ2v) is 4.28. The lowest BCUT2D eigenvalue weighted by atomic mass is 10.2. The Bertz CT molecular complexity index is 647. The first-order valence-electron chi connectivity index (χ1n) is 5.37. The summed E-state index contributed by atoms with van der Waals surface area (Å²) in [6.07, 6.45) is 0. The number of anilines is 1. The van der Waals surface area contributed by atoms with Crippen molar-refractivity contribution in [1.82, 2.24) is 4.98 Å². The van der Waals surface area contributed by atoms with Crippen LogP contribution in [-0.2, 0) is 0 Å². The molecule has 0 spiro atoms. The quantitative estimate of drug-likeness (QED) is 0.915. The monoisotopic (exact) mass is 282 g/mol. The van der Waals surface area contributed by atoms with E-state index in [1.54, 1.807) is 0 Å². The number of aromatic nitrogens is 1. The molecule has 0 saturated carbocycles. The van der Waals surface area contributed by atoms with Crippen LogP contribution in [0.3, 0.4) is 0 Å². The number of halogens is 3. The normalized spacial score (nSPS) is 10.3. The summed E-state index contributed by atoms with van der Waals surface area (Å²) in [4.78, 5) is 15.6. The van der Waals surface area contributed by atoms with Gasteiger partial charge in [0.25, 0.3) is 5.91 Å². The Morgan fingerprint density at radius 1 is 1.21 bits per heavy atom. The molecule has 19 heavy (non-hydrogen) atoms. The molecule has 98 valence electrons. The number of hydrogen-bond acceptors (Lipinski definition) is 2. The highest BCUT2D eigenvalue weighted by Crippen LogP contribution is 2.19. The molecule has 3 nitrogen and oxygen atoms in total. The van der Waals surface area contributed by atoms with Gasteiger partial charge in [-0.05, 0) is 37.3 Å². The molecule has 0 bridgehead atoms. The molecule has 2 aromatic rings. The Morgan fingerprint density at radius 3 is 2.58 bits per heavy atom. The predicted octanol–water partition coefficient (Wildman–Crippen LogP) is 3.57. The van der Waals surface area contributed by atoms with E-state index in [-0.39, 0.29) is 22.1 Å². The van der Waals surface area contributed by atoms with E-state index in [9.17, 15) is 13.6 Å². The molecule has 0 fully saturated rings. The van der Waals surface area contributed by atoms with Gasteiger partial charge in [-0.15, -0.1) is 0 Å². The Morgan fingerprint density at radius 2 is 1.95 bits per heavy atom. The Labute approximate surface area is 113 Å². The van der Waals surface area contributed by atoms with Crippen LogP contribution < -0.4 is 5.32 Å². The number of rotatable bonds is 2. The SMILES string of the molecule is Cc1nc(C(=O)Nc2ccc(Cl)cc2F)ccc1F. The minimum atomic E-state index is -0.653. The van der Waals surface area contributed by atoms with Crippen LogP contribution in [0.2, 0.25) is 5.02 Å². The van der Waals surface area contributed by atoms with Crippen LogP contribution in [0.1, 0.15) is 16.2 Å². The summed E-state index contributed by atoms with van der Waals surface area (Å²) in [5.74, 6) is -1.78. The Hall–Kier alpha value is -2.01. The minimum Gasteiger partial charge on any atom is -0.318 e. The highest BCUT2D eigenvalue weighted by atomic mass is 35.5. The van der Waals surface area contributed by atoms with Crippen LogP contribution in [0.4, 0.5) is 14.5 Å². The smallest absolute Gasteiger partial charge is 0.274 e. The molecule has 2 rings (SSSR count). The van der Waals surface area contributed by atoms with Crippen molar-refractivity contribution >= 4 is 23.2 Å². The van der Waals surface area contributed by atoms with Crippen molar-refractivity contribution in [3.63, 3.8) is 0 Å². The number of carbonyl (C=O) groups excluding carboxylic acids is 1. The van der Waals surface area contributed by atoms with Gasteiger partial charge in [0.1, 0.15) is 17.3 Å². The van der Waals surface area contributed by atoms with Gasteiger partial charge >= 0.3 is 0 Å². The van der Waals surface area contributed by atoms with Gasteiger partial charge in [-0.2, -0.15) is 0 Å². The Kier molecular flexibility index (Phi) is 3.76. The molecule has 0 atom stereocenters. The first-order valence-corrected chi connectivity index (χ1v) is 5.74. The molecule has 1 heterocycles. The fourth-order valence-corrected chi connectivity index (χ4v) is 1.61. The second kappa shape index (κ2) is 5.32. The van der Waals surface area contributed by atoms with Crippen molar-refractivity contribution in [1.29, 1.82) is 0 Å². The van der Waals surface area contributed by atoms with Crippen molar-refractivity contribution in [3.05, 3.63) is 58.4 Å². The van der Waals surface area contributed by atoms with Gasteiger partial charge in [0.15, 0.2) is 0 Å². The maximum atomic E-state index is 13.5. The van der Waals surface area contributed by atoms with E-state index in [1.165, 1.54) is 25.1 Å². The Balaban J connectivity index is 2.23. The highest BCUT2D eigenvalue weighted by Gasteiger charge is 2.12. The van der Waals surface area contributed by atoms with E-state index >= 15 is 0 Å². The van der Waals surface area contributed by atoms with Crippen LogP contribution in [0.15, 0.2) is 30.3 Å². The summed E-state index contributed by atoms with van der Waals surface area (Å²) in [5.41, 5.74) is 0.0932. The highest BCUT2D eigenvalue weighted by molar-refractivity contribution is 6.30. The molecule has 1 N–H and O–H groups in total. The average Bonchev–Trinajstić information content (AvgIpc) is 2.36. The molecule has 1 aromatic heterocycles. The largest absolute Gasteiger partial charge is 0.318 e. The summed E-state index contributed by atoms with van der Waals surface area (Å²) in [5, 5.41) is 2.57. The second-order valence-electron chi connectivity index (χ2n) is 3.84. The zero-order valence-electron chi connectivity index (χ0n) is 9.88. The van der Waals surface area contributed by atoms with Gasteiger partial charge in [0, 0.05) is 5.02 Å².